The van der Waals surface area contributed by atoms with E-state index in [-0.39, 0.29) is 16.9 Å². The first-order valence-corrected chi connectivity index (χ1v) is 12.1. The SMILES string of the molecule is CCN1CCC2(CN(Cc3cccnc3)CC23CCN(C(=O)Nc2ccccc2)CC3)C1=O. The van der Waals surface area contributed by atoms with Crippen molar-refractivity contribution in [3.8, 4) is 0 Å². The maximum atomic E-state index is 13.7. The number of rotatable bonds is 4. The molecule has 3 aliphatic rings. The van der Waals surface area contributed by atoms with Gasteiger partial charge in [-0.05, 0) is 49.9 Å². The number of nitrogens with one attached hydrogen (secondary N) is 1. The van der Waals surface area contributed by atoms with Gasteiger partial charge >= 0.3 is 6.03 Å². The number of piperidine rings is 1. The average Bonchev–Trinajstić information content (AvgIpc) is 3.32. The third-order valence-corrected chi connectivity index (χ3v) is 8.08. The highest BCUT2D eigenvalue weighted by Crippen LogP contribution is 2.58. The molecule has 0 aliphatic carbocycles. The number of likely N-dealkylation sites (tertiary alicyclic amines) is 3. The molecule has 33 heavy (non-hydrogen) atoms. The summed E-state index contributed by atoms with van der Waals surface area (Å²) in [6.07, 6.45) is 6.36. The summed E-state index contributed by atoms with van der Waals surface area (Å²) in [7, 11) is 0. The maximum absolute atomic E-state index is 13.7. The number of amides is 3. The van der Waals surface area contributed by atoms with Crippen molar-refractivity contribution in [2.45, 2.75) is 32.7 Å². The molecule has 3 aliphatic heterocycles. The molecule has 1 atom stereocenters. The lowest BCUT2D eigenvalue weighted by Crippen LogP contribution is -2.54. The molecule has 7 heteroatoms. The highest BCUT2D eigenvalue weighted by atomic mass is 16.2. The molecule has 3 amide bonds. The Bertz CT molecular complexity index is 990. The van der Waals surface area contributed by atoms with Crippen LogP contribution in [-0.2, 0) is 11.3 Å². The summed E-state index contributed by atoms with van der Waals surface area (Å²) in [5.41, 5.74) is 1.57. The summed E-state index contributed by atoms with van der Waals surface area (Å²) in [6.45, 7) is 7.56. The van der Waals surface area contributed by atoms with E-state index in [0.717, 1.165) is 57.7 Å². The molecule has 2 spiro atoms. The van der Waals surface area contributed by atoms with Crippen LogP contribution in [0.15, 0.2) is 54.9 Å². The van der Waals surface area contributed by atoms with Gasteiger partial charge in [-0.1, -0.05) is 24.3 Å². The molecule has 1 unspecified atom stereocenters. The number of carbonyl (C=O) groups excluding carboxylic acids is 2. The van der Waals surface area contributed by atoms with Crippen molar-refractivity contribution in [2.75, 3.05) is 44.6 Å². The Morgan fingerprint density at radius 2 is 1.82 bits per heavy atom. The van der Waals surface area contributed by atoms with Gasteiger partial charge in [-0.2, -0.15) is 0 Å². The first kappa shape index (κ1) is 21.9. The fraction of sp³-hybridized carbons (Fsp3) is 0.500. The summed E-state index contributed by atoms with van der Waals surface area (Å²) < 4.78 is 0. The number of benzene rings is 1. The van der Waals surface area contributed by atoms with Crippen LogP contribution in [0, 0.1) is 10.8 Å². The maximum Gasteiger partial charge on any atom is 0.321 e. The number of aromatic nitrogens is 1. The van der Waals surface area contributed by atoms with Gasteiger partial charge in [-0.15, -0.1) is 0 Å². The fourth-order valence-corrected chi connectivity index (χ4v) is 6.32. The van der Waals surface area contributed by atoms with Gasteiger partial charge in [0.05, 0.1) is 5.41 Å². The molecule has 174 valence electrons. The Balaban J connectivity index is 1.33. The lowest BCUT2D eigenvalue weighted by Gasteiger charge is -2.47. The van der Waals surface area contributed by atoms with Crippen LogP contribution in [0.25, 0.3) is 0 Å². The van der Waals surface area contributed by atoms with E-state index in [0.29, 0.717) is 19.0 Å². The molecule has 1 aromatic heterocycles. The monoisotopic (exact) mass is 447 g/mol. The van der Waals surface area contributed by atoms with Crippen molar-refractivity contribution in [3.63, 3.8) is 0 Å². The second-order valence-corrected chi connectivity index (χ2v) is 9.79. The minimum atomic E-state index is -0.340. The van der Waals surface area contributed by atoms with Gasteiger partial charge in [0, 0.05) is 69.3 Å². The normalized spacial score (nSPS) is 24.7. The minimum absolute atomic E-state index is 0.0525. The second-order valence-electron chi connectivity index (χ2n) is 9.79. The van der Waals surface area contributed by atoms with Crippen molar-refractivity contribution in [3.05, 3.63) is 60.4 Å². The molecule has 0 radical (unpaired) electrons. The van der Waals surface area contributed by atoms with E-state index in [1.165, 1.54) is 5.56 Å². The van der Waals surface area contributed by atoms with E-state index in [9.17, 15) is 9.59 Å². The summed E-state index contributed by atoms with van der Waals surface area (Å²) in [5, 5.41) is 3.01. The average molecular weight is 448 g/mol. The molecule has 5 rings (SSSR count). The highest BCUT2D eigenvalue weighted by Gasteiger charge is 2.64. The first-order chi connectivity index (χ1) is 16.1. The van der Waals surface area contributed by atoms with Crippen molar-refractivity contribution in [1.29, 1.82) is 0 Å². The number of para-hydroxylation sites is 1. The molecule has 7 nitrogen and oxygen atoms in total. The van der Waals surface area contributed by atoms with Crippen molar-refractivity contribution >= 4 is 17.6 Å². The Labute approximate surface area is 195 Å². The van der Waals surface area contributed by atoms with Gasteiger partial charge in [-0.25, -0.2) is 4.79 Å². The zero-order chi connectivity index (χ0) is 22.9. The largest absolute Gasteiger partial charge is 0.342 e. The molecular weight excluding hydrogens is 414 g/mol. The topological polar surface area (TPSA) is 68.8 Å². The first-order valence-electron chi connectivity index (χ1n) is 12.1. The van der Waals surface area contributed by atoms with Crippen molar-refractivity contribution < 1.29 is 9.59 Å². The number of hydrogen-bond donors (Lipinski definition) is 1. The predicted octanol–water partition coefficient (Wildman–Crippen LogP) is 3.45. The summed E-state index contributed by atoms with van der Waals surface area (Å²) in [4.78, 5) is 37.2. The number of fused-ring (bicyclic) bond motifs is 1. The number of urea groups is 1. The van der Waals surface area contributed by atoms with E-state index in [1.807, 2.05) is 52.4 Å². The van der Waals surface area contributed by atoms with Gasteiger partial charge < -0.3 is 15.1 Å². The van der Waals surface area contributed by atoms with Crippen molar-refractivity contribution in [2.24, 2.45) is 10.8 Å². The summed E-state index contributed by atoms with van der Waals surface area (Å²) >= 11 is 0. The van der Waals surface area contributed by atoms with Gasteiger partial charge in [0.15, 0.2) is 0 Å². The third-order valence-electron chi connectivity index (χ3n) is 8.08. The molecule has 3 fully saturated rings. The molecule has 0 saturated carbocycles. The van der Waals surface area contributed by atoms with E-state index in [2.05, 4.69) is 28.2 Å². The highest BCUT2D eigenvalue weighted by molar-refractivity contribution is 5.89. The standard InChI is InChI=1S/C26H33N5O2/c1-2-30-16-12-26(23(30)32)20-29(18-21-7-6-13-27-17-21)19-25(26)10-14-31(15-11-25)24(33)28-22-8-4-3-5-9-22/h3-9,13,17H,2,10-12,14-16,18-20H2,1H3,(H,28,33). The molecule has 1 N–H and O–H groups in total. The molecule has 2 aromatic rings. The Kier molecular flexibility index (Phi) is 5.83. The van der Waals surface area contributed by atoms with E-state index < -0.39 is 0 Å². The number of hydrogen-bond acceptors (Lipinski definition) is 4. The lowest BCUT2D eigenvalue weighted by molar-refractivity contribution is -0.141. The molecule has 3 saturated heterocycles. The molecule has 4 heterocycles. The van der Waals surface area contributed by atoms with Gasteiger partial charge in [-0.3, -0.25) is 14.7 Å². The van der Waals surface area contributed by atoms with Crippen LogP contribution < -0.4 is 5.32 Å². The van der Waals surface area contributed by atoms with Crippen LogP contribution in [0.1, 0.15) is 31.7 Å². The van der Waals surface area contributed by atoms with E-state index >= 15 is 0 Å². The zero-order valence-corrected chi connectivity index (χ0v) is 19.4. The van der Waals surface area contributed by atoms with Crippen LogP contribution >= 0.6 is 0 Å². The van der Waals surface area contributed by atoms with Gasteiger partial charge in [0.2, 0.25) is 5.91 Å². The Hall–Kier alpha value is -2.93. The van der Waals surface area contributed by atoms with E-state index in [1.54, 1.807) is 6.20 Å². The quantitative estimate of drug-likeness (QED) is 0.780. The second kappa shape index (κ2) is 8.78. The van der Waals surface area contributed by atoms with Crippen molar-refractivity contribution in [1.82, 2.24) is 19.7 Å². The zero-order valence-electron chi connectivity index (χ0n) is 19.4. The number of carbonyl (C=O) groups is 2. The number of pyridine rings is 1. The third kappa shape index (κ3) is 3.88. The lowest BCUT2D eigenvalue weighted by atomic mass is 9.60. The predicted molar refractivity (Wildman–Crippen MR) is 128 cm³/mol. The fourth-order valence-electron chi connectivity index (χ4n) is 6.32. The van der Waals surface area contributed by atoms with Crippen LogP contribution in [0.2, 0.25) is 0 Å². The van der Waals surface area contributed by atoms with E-state index in [4.69, 9.17) is 0 Å². The molecular formula is C26H33N5O2. The summed E-state index contributed by atoms with van der Waals surface area (Å²) in [5.74, 6) is 0.320. The van der Waals surface area contributed by atoms with Crippen LogP contribution in [0.5, 0.6) is 0 Å². The smallest absolute Gasteiger partial charge is 0.321 e. The summed E-state index contributed by atoms with van der Waals surface area (Å²) in [6, 6.07) is 13.6. The van der Waals surface area contributed by atoms with Crippen LogP contribution in [-0.4, -0.2) is 70.9 Å². The minimum Gasteiger partial charge on any atom is -0.342 e. The number of nitrogens with zero attached hydrogens (tertiary/aromatic N) is 4. The molecule has 0 bridgehead atoms. The number of anilines is 1. The van der Waals surface area contributed by atoms with Crippen LogP contribution in [0.3, 0.4) is 0 Å². The van der Waals surface area contributed by atoms with Gasteiger partial charge in [0.1, 0.15) is 0 Å². The Morgan fingerprint density at radius 1 is 1.03 bits per heavy atom. The molecule has 1 aromatic carbocycles. The Morgan fingerprint density at radius 3 is 2.48 bits per heavy atom. The van der Waals surface area contributed by atoms with Gasteiger partial charge in [0.25, 0.3) is 0 Å². The van der Waals surface area contributed by atoms with Crippen LogP contribution in [0.4, 0.5) is 10.5 Å².